The van der Waals surface area contributed by atoms with E-state index < -0.39 is 5.92 Å². The Morgan fingerprint density at radius 3 is 2.62 bits per heavy atom. The fraction of sp³-hybridized carbons (Fsp3) is 0.238. The average molecular weight is 427 g/mol. The van der Waals surface area contributed by atoms with Gasteiger partial charge in [-0.05, 0) is 36.8 Å². The van der Waals surface area contributed by atoms with Gasteiger partial charge < -0.3 is 10.2 Å². The molecule has 3 aromatic rings. The average Bonchev–Trinajstić information content (AvgIpc) is 3.31. The monoisotopic (exact) mass is 426 g/mol. The number of amides is 2. The summed E-state index contributed by atoms with van der Waals surface area (Å²) in [5.74, 6) is -0.663. The Labute approximate surface area is 177 Å². The van der Waals surface area contributed by atoms with E-state index in [4.69, 9.17) is 11.6 Å². The first kappa shape index (κ1) is 19.5. The van der Waals surface area contributed by atoms with Gasteiger partial charge in [0.1, 0.15) is 5.01 Å². The van der Waals surface area contributed by atoms with E-state index in [0.29, 0.717) is 23.1 Å². The third kappa shape index (κ3) is 4.63. The Balaban J connectivity index is 1.37. The lowest BCUT2D eigenvalue weighted by Crippen LogP contribution is -2.28. The molecular formula is C21H19ClN4O2S. The van der Waals surface area contributed by atoms with Crippen molar-refractivity contribution in [3.8, 4) is 0 Å². The van der Waals surface area contributed by atoms with Gasteiger partial charge in [0.2, 0.25) is 16.9 Å². The van der Waals surface area contributed by atoms with Crippen molar-refractivity contribution in [1.82, 2.24) is 10.2 Å². The minimum absolute atomic E-state index is 0.0466. The van der Waals surface area contributed by atoms with E-state index in [9.17, 15) is 9.59 Å². The van der Waals surface area contributed by atoms with Crippen LogP contribution in [-0.2, 0) is 16.0 Å². The molecule has 8 heteroatoms. The van der Waals surface area contributed by atoms with Gasteiger partial charge in [0, 0.05) is 30.1 Å². The van der Waals surface area contributed by atoms with E-state index in [-0.39, 0.29) is 18.2 Å². The zero-order chi connectivity index (χ0) is 20.4. The third-order valence-corrected chi connectivity index (χ3v) is 5.90. The minimum atomic E-state index is -0.410. The van der Waals surface area contributed by atoms with E-state index >= 15 is 0 Å². The third-order valence-electron chi connectivity index (χ3n) is 4.81. The largest absolute Gasteiger partial charge is 0.312 e. The van der Waals surface area contributed by atoms with Crippen LogP contribution in [0.25, 0.3) is 0 Å². The molecule has 1 aliphatic rings. The first-order valence-corrected chi connectivity index (χ1v) is 10.4. The summed E-state index contributed by atoms with van der Waals surface area (Å²) in [6.45, 7) is 2.36. The number of anilines is 2. The van der Waals surface area contributed by atoms with E-state index in [0.717, 1.165) is 21.8 Å². The van der Waals surface area contributed by atoms with Crippen molar-refractivity contribution in [3.05, 3.63) is 69.7 Å². The normalized spacial score (nSPS) is 16.3. The molecule has 6 nitrogen and oxygen atoms in total. The summed E-state index contributed by atoms with van der Waals surface area (Å²) in [6.07, 6.45) is 0.809. The molecule has 2 aromatic carbocycles. The summed E-state index contributed by atoms with van der Waals surface area (Å²) in [5.41, 5.74) is 3.01. The van der Waals surface area contributed by atoms with Crippen molar-refractivity contribution < 1.29 is 9.59 Å². The molecule has 0 saturated carbocycles. The van der Waals surface area contributed by atoms with Crippen molar-refractivity contribution in [3.63, 3.8) is 0 Å². The zero-order valence-corrected chi connectivity index (χ0v) is 17.3. The molecule has 0 aliphatic carbocycles. The van der Waals surface area contributed by atoms with Gasteiger partial charge >= 0.3 is 0 Å². The molecule has 1 N–H and O–H groups in total. The molecule has 0 unspecified atom stereocenters. The first-order valence-electron chi connectivity index (χ1n) is 9.22. The lowest BCUT2D eigenvalue weighted by molar-refractivity contribution is -0.122. The van der Waals surface area contributed by atoms with Gasteiger partial charge in [-0.15, -0.1) is 10.2 Å². The van der Waals surface area contributed by atoms with Gasteiger partial charge in [0.15, 0.2) is 0 Å². The highest BCUT2D eigenvalue weighted by Crippen LogP contribution is 2.27. The molecule has 0 spiro atoms. The number of aryl methyl sites for hydroxylation is 1. The van der Waals surface area contributed by atoms with Crippen molar-refractivity contribution in [2.75, 3.05) is 16.8 Å². The van der Waals surface area contributed by atoms with Crippen LogP contribution in [0.15, 0.2) is 48.5 Å². The molecule has 1 atom stereocenters. The Morgan fingerprint density at radius 1 is 1.17 bits per heavy atom. The second kappa shape index (κ2) is 8.31. The van der Waals surface area contributed by atoms with E-state index in [1.807, 2.05) is 55.5 Å². The molecule has 1 aromatic heterocycles. The van der Waals surface area contributed by atoms with Crippen LogP contribution in [0.2, 0.25) is 5.02 Å². The Bertz CT molecular complexity index is 1030. The fourth-order valence-electron chi connectivity index (χ4n) is 3.22. The van der Waals surface area contributed by atoms with Crippen LogP contribution in [0.3, 0.4) is 0 Å². The van der Waals surface area contributed by atoms with Crippen LogP contribution in [-0.4, -0.2) is 28.6 Å². The van der Waals surface area contributed by atoms with Gasteiger partial charge in [-0.25, -0.2) is 0 Å². The Morgan fingerprint density at radius 2 is 1.90 bits per heavy atom. The van der Waals surface area contributed by atoms with Crippen LogP contribution in [0.1, 0.15) is 22.6 Å². The molecule has 0 bridgehead atoms. The number of carbonyl (C=O) groups excluding carboxylic acids is 2. The minimum Gasteiger partial charge on any atom is -0.312 e. The Hall–Kier alpha value is -2.77. The topological polar surface area (TPSA) is 75.2 Å². The van der Waals surface area contributed by atoms with Gasteiger partial charge in [0.25, 0.3) is 0 Å². The fourth-order valence-corrected chi connectivity index (χ4v) is 4.12. The molecule has 1 fully saturated rings. The van der Waals surface area contributed by atoms with Crippen LogP contribution in [0.5, 0.6) is 0 Å². The molecule has 2 amide bonds. The SMILES string of the molecule is Cc1ccc(N2C[C@H](C(=O)Nc3nnc(Cc4ccc(Cl)cc4)s3)CC2=O)cc1. The Kier molecular flexibility index (Phi) is 5.60. The number of halogens is 1. The van der Waals surface area contributed by atoms with Gasteiger partial charge in [-0.1, -0.05) is 52.8 Å². The molecule has 1 aliphatic heterocycles. The highest BCUT2D eigenvalue weighted by atomic mass is 35.5. The molecule has 4 rings (SSSR count). The lowest BCUT2D eigenvalue weighted by Gasteiger charge is -2.16. The summed E-state index contributed by atoms with van der Waals surface area (Å²) in [7, 11) is 0. The molecule has 0 radical (unpaired) electrons. The molecule has 29 heavy (non-hydrogen) atoms. The van der Waals surface area contributed by atoms with Gasteiger partial charge in [-0.2, -0.15) is 0 Å². The number of aromatic nitrogens is 2. The maximum Gasteiger partial charge on any atom is 0.231 e. The van der Waals surface area contributed by atoms with Crippen molar-refractivity contribution in [1.29, 1.82) is 0 Å². The zero-order valence-electron chi connectivity index (χ0n) is 15.8. The number of rotatable bonds is 5. The molecule has 148 valence electrons. The maximum atomic E-state index is 12.6. The van der Waals surface area contributed by atoms with Crippen LogP contribution in [0, 0.1) is 12.8 Å². The standard InChI is InChI=1S/C21H19ClN4O2S/c1-13-2-8-17(9-3-13)26-12-15(11-19(26)27)20(28)23-21-25-24-18(29-21)10-14-4-6-16(22)7-5-14/h2-9,15H,10-12H2,1H3,(H,23,25,28)/t15-/m1/s1. The van der Waals surface area contributed by atoms with Crippen molar-refractivity contribution in [2.45, 2.75) is 19.8 Å². The van der Waals surface area contributed by atoms with E-state index in [2.05, 4.69) is 15.5 Å². The first-order chi connectivity index (χ1) is 14.0. The second-order valence-electron chi connectivity index (χ2n) is 7.03. The second-order valence-corrected chi connectivity index (χ2v) is 8.53. The highest BCUT2D eigenvalue weighted by molar-refractivity contribution is 7.15. The number of hydrogen-bond acceptors (Lipinski definition) is 5. The molecular weight excluding hydrogens is 408 g/mol. The number of hydrogen-bond donors (Lipinski definition) is 1. The quantitative estimate of drug-likeness (QED) is 0.666. The summed E-state index contributed by atoms with van der Waals surface area (Å²) in [4.78, 5) is 26.7. The van der Waals surface area contributed by atoms with Crippen molar-refractivity contribution >= 4 is 45.6 Å². The van der Waals surface area contributed by atoms with E-state index in [1.165, 1.54) is 11.3 Å². The predicted molar refractivity (Wildman–Crippen MR) is 114 cm³/mol. The lowest BCUT2D eigenvalue weighted by atomic mass is 10.1. The number of nitrogens with zero attached hydrogens (tertiary/aromatic N) is 3. The van der Waals surface area contributed by atoms with Crippen molar-refractivity contribution in [2.24, 2.45) is 5.92 Å². The maximum absolute atomic E-state index is 12.6. The van der Waals surface area contributed by atoms with Crippen LogP contribution >= 0.6 is 22.9 Å². The highest BCUT2D eigenvalue weighted by Gasteiger charge is 2.35. The molecule has 2 heterocycles. The van der Waals surface area contributed by atoms with E-state index in [1.54, 1.807) is 4.90 Å². The van der Waals surface area contributed by atoms with Crippen LogP contribution < -0.4 is 10.2 Å². The summed E-state index contributed by atoms with van der Waals surface area (Å²) in [5, 5.41) is 12.9. The summed E-state index contributed by atoms with van der Waals surface area (Å²) < 4.78 is 0. The summed E-state index contributed by atoms with van der Waals surface area (Å²) >= 11 is 7.24. The summed E-state index contributed by atoms with van der Waals surface area (Å²) in [6, 6.07) is 15.3. The van der Waals surface area contributed by atoms with Crippen LogP contribution in [0.4, 0.5) is 10.8 Å². The smallest absolute Gasteiger partial charge is 0.231 e. The van der Waals surface area contributed by atoms with Gasteiger partial charge in [-0.3, -0.25) is 9.59 Å². The number of benzene rings is 2. The number of nitrogens with one attached hydrogen (secondary N) is 1. The van der Waals surface area contributed by atoms with Gasteiger partial charge in [0.05, 0.1) is 5.92 Å². The predicted octanol–water partition coefficient (Wildman–Crippen LogP) is 4.08. The molecule has 1 saturated heterocycles. The number of carbonyl (C=O) groups is 2.